The average molecular weight is 733 g/mol. The number of benzene rings is 1. The number of hydrogen-bond donors (Lipinski definition) is 2. The van der Waals surface area contributed by atoms with Crippen molar-refractivity contribution < 1.29 is 14.4 Å². The fraction of sp³-hybridized carbons (Fsp3) is 0.512. The first-order chi connectivity index (χ1) is 26.3. The minimum absolute atomic E-state index is 0.0148. The van der Waals surface area contributed by atoms with Crippen molar-refractivity contribution in [2.45, 2.75) is 69.7 Å². The van der Waals surface area contributed by atoms with Crippen LogP contribution in [0.25, 0.3) is 11.0 Å². The highest BCUT2D eigenvalue weighted by Gasteiger charge is 2.29. The van der Waals surface area contributed by atoms with Crippen LogP contribution in [-0.4, -0.2) is 107 Å². The molecule has 1 saturated carbocycles. The molecule has 4 fully saturated rings. The van der Waals surface area contributed by atoms with Gasteiger partial charge in [-0.25, -0.2) is 9.97 Å². The van der Waals surface area contributed by atoms with Crippen molar-refractivity contribution in [3.63, 3.8) is 0 Å². The SMILES string of the molecule is CN(C)C(=O)c1cc2cnc(Nc3ccc(N4CCN(CCC5CCN(c6ccc(C7CCC(=O)NC7=O)cc6)CC5)CC4)cn3)nc2n1C1CCCC1. The fourth-order valence-corrected chi connectivity index (χ4v) is 8.76. The van der Waals surface area contributed by atoms with Crippen molar-refractivity contribution in [1.29, 1.82) is 0 Å². The molecule has 4 aromatic rings. The van der Waals surface area contributed by atoms with Crippen LogP contribution in [0.4, 0.5) is 23.1 Å². The van der Waals surface area contributed by atoms with Crippen molar-refractivity contribution in [2.24, 2.45) is 5.92 Å². The summed E-state index contributed by atoms with van der Waals surface area (Å²) in [6.45, 7) is 7.31. The zero-order chi connectivity index (χ0) is 37.2. The highest BCUT2D eigenvalue weighted by Crippen LogP contribution is 2.35. The number of piperazine rings is 1. The van der Waals surface area contributed by atoms with Gasteiger partial charge in [0, 0.05) is 83.1 Å². The molecule has 6 heterocycles. The molecule has 0 spiro atoms. The van der Waals surface area contributed by atoms with E-state index in [-0.39, 0.29) is 29.7 Å². The third kappa shape index (κ3) is 7.77. The number of hydrogen-bond acceptors (Lipinski definition) is 10. The maximum atomic E-state index is 13.1. The van der Waals surface area contributed by atoms with Crippen molar-refractivity contribution in [3.8, 4) is 0 Å². The zero-order valence-electron chi connectivity index (χ0n) is 31.5. The van der Waals surface area contributed by atoms with Crippen LogP contribution in [-0.2, 0) is 9.59 Å². The Kier molecular flexibility index (Phi) is 10.5. The predicted octanol–water partition coefficient (Wildman–Crippen LogP) is 5.34. The first-order valence-corrected chi connectivity index (χ1v) is 19.8. The van der Waals surface area contributed by atoms with Gasteiger partial charge in [-0.05, 0) is 86.9 Å². The van der Waals surface area contributed by atoms with E-state index < -0.39 is 0 Å². The second-order valence-corrected chi connectivity index (χ2v) is 15.7. The first-order valence-electron chi connectivity index (χ1n) is 19.8. The van der Waals surface area contributed by atoms with Crippen LogP contribution in [0.3, 0.4) is 0 Å². The smallest absolute Gasteiger partial charge is 0.270 e. The second-order valence-electron chi connectivity index (χ2n) is 15.7. The summed E-state index contributed by atoms with van der Waals surface area (Å²) < 4.78 is 2.13. The largest absolute Gasteiger partial charge is 0.372 e. The number of carbonyl (C=O) groups is 3. The average Bonchev–Trinajstić information content (AvgIpc) is 3.86. The van der Waals surface area contributed by atoms with Gasteiger partial charge < -0.3 is 24.6 Å². The van der Waals surface area contributed by atoms with Crippen LogP contribution in [0.2, 0.25) is 0 Å². The second kappa shape index (κ2) is 15.7. The molecule has 8 rings (SSSR count). The Morgan fingerprint density at radius 1 is 0.852 bits per heavy atom. The third-order valence-electron chi connectivity index (χ3n) is 12.0. The first kappa shape index (κ1) is 36.0. The summed E-state index contributed by atoms with van der Waals surface area (Å²) in [7, 11) is 3.58. The van der Waals surface area contributed by atoms with E-state index in [1.807, 2.05) is 18.3 Å². The Balaban J connectivity index is 0.792. The molecule has 1 aromatic carbocycles. The molecule has 4 aliphatic rings. The topological polar surface area (TPSA) is 132 Å². The van der Waals surface area contributed by atoms with Crippen LogP contribution in [0.1, 0.15) is 85.8 Å². The number of pyridine rings is 1. The molecule has 3 amide bonds. The van der Waals surface area contributed by atoms with Gasteiger partial charge in [-0.3, -0.25) is 24.6 Å². The molecular weight excluding hydrogens is 681 g/mol. The van der Waals surface area contributed by atoms with Crippen LogP contribution in [0.15, 0.2) is 54.9 Å². The number of imide groups is 1. The van der Waals surface area contributed by atoms with Crippen LogP contribution in [0, 0.1) is 5.92 Å². The van der Waals surface area contributed by atoms with Gasteiger partial charge in [0.05, 0.1) is 17.8 Å². The number of carbonyl (C=O) groups excluding carboxylic acids is 3. The van der Waals surface area contributed by atoms with Gasteiger partial charge in [0.2, 0.25) is 17.8 Å². The summed E-state index contributed by atoms with van der Waals surface area (Å²) in [5.74, 6) is 1.31. The van der Waals surface area contributed by atoms with Crippen LogP contribution in [0.5, 0.6) is 0 Å². The van der Waals surface area contributed by atoms with Gasteiger partial charge in [0.25, 0.3) is 5.91 Å². The summed E-state index contributed by atoms with van der Waals surface area (Å²) in [6, 6.07) is 14.7. The number of aromatic nitrogens is 4. The number of anilines is 4. The van der Waals surface area contributed by atoms with Crippen molar-refractivity contribution in [1.82, 2.24) is 34.6 Å². The molecule has 1 atom stereocenters. The Morgan fingerprint density at radius 3 is 2.26 bits per heavy atom. The minimum atomic E-state index is -0.232. The summed E-state index contributed by atoms with van der Waals surface area (Å²) in [5.41, 5.74) is 4.79. The van der Waals surface area contributed by atoms with E-state index in [9.17, 15) is 14.4 Å². The molecule has 3 saturated heterocycles. The summed E-state index contributed by atoms with van der Waals surface area (Å²) in [4.78, 5) is 60.1. The summed E-state index contributed by atoms with van der Waals surface area (Å²) in [6.07, 6.45) is 12.8. The summed E-state index contributed by atoms with van der Waals surface area (Å²) >= 11 is 0. The fourth-order valence-electron chi connectivity index (χ4n) is 8.76. The zero-order valence-corrected chi connectivity index (χ0v) is 31.5. The normalized spacial score (nSPS) is 20.4. The molecule has 284 valence electrons. The van der Waals surface area contributed by atoms with Gasteiger partial charge in [0.1, 0.15) is 17.2 Å². The van der Waals surface area contributed by atoms with E-state index in [0.717, 1.165) is 99.7 Å². The molecule has 13 nitrogen and oxygen atoms in total. The molecule has 54 heavy (non-hydrogen) atoms. The Morgan fingerprint density at radius 2 is 1.57 bits per heavy atom. The molecule has 2 N–H and O–H groups in total. The maximum Gasteiger partial charge on any atom is 0.270 e. The number of fused-ring (bicyclic) bond motifs is 1. The van der Waals surface area contributed by atoms with E-state index in [1.54, 1.807) is 25.2 Å². The summed E-state index contributed by atoms with van der Waals surface area (Å²) in [5, 5.41) is 6.64. The van der Waals surface area contributed by atoms with E-state index >= 15 is 0 Å². The van der Waals surface area contributed by atoms with Gasteiger partial charge >= 0.3 is 0 Å². The standard InChI is InChI=1S/C41H52N10O3/c1-47(2)40(54)35-25-30-26-43-41(46-38(30)51(35)32-5-3-4-6-32)44-36-13-11-33(27-42-36)50-23-21-48(22-24-50)18-15-28-16-19-49(20-17-28)31-9-7-29(8-10-31)34-12-14-37(52)45-39(34)53/h7-11,13,25-28,32,34H,3-6,12,14-24H2,1-2H3,(H,45,52,53)(H,42,43,44,46). The molecule has 3 aliphatic heterocycles. The lowest BCUT2D eigenvalue weighted by molar-refractivity contribution is -0.134. The monoisotopic (exact) mass is 732 g/mol. The van der Waals surface area contributed by atoms with E-state index in [0.29, 0.717) is 30.3 Å². The molecular formula is C41H52N10O3. The van der Waals surface area contributed by atoms with Crippen molar-refractivity contribution >= 4 is 51.9 Å². The number of nitrogens with zero attached hydrogens (tertiary/aromatic N) is 8. The highest BCUT2D eigenvalue weighted by atomic mass is 16.2. The molecule has 13 heteroatoms. The van der Waals surface area contributed by atoms with Gasteiger partial charge in [-0.1, -0.05) is 25.0 Å². The molecule has 1 unspecified atom stereocenters. The predicted molar refractivity (Wildman–Crippen MR) is 210 cm³/mol. The molecule has 3 aromatic heterocycles. The quantitative estimate of drug-likeness (QED) is 0.206. The number of nitrogens with one attached hydrogen (secondary N) is 2. The maximum absolute atomic E-state index is 13.1. The van der Waals surface area contributed by atoms with Crippen molar-refractivity contribution in [3.05, 3.63) is 66.1 Å². The lowest BCUT2D eigenvalue weighted by atomic mass is 9.90. The molecule has 0 radical (unpaired) electrons. The van der Waals surface area contributed by atoms with Crippen LogP contribution < -0.4 is 20.4 Å². The van der Waals surface area contributed by atoms with Gasteiger partial charge in [0.15, 0.2) is 0 Å². The number of amides is 3. The highest BCUT2D eigenvalue weighted by molar-refractivity contribution is 6.01. The van der Waals surface area contributed by atoms with E-state index in [2.05, 4.69) is 65.2 Å². The Bertz CT molecular complexity index is 1960. The molecule has 0 bridgehead atoms. The Labute approximate surface area is 317 Å². The van der Waals surface area contributed by atoms with Crippen molar-refractivity contribution in [2.75, 3.05) is 75.0 Å². The van der Waals surface area contributed by atoms with E-state index in [1.165, 1.54) is 24.9 Å². The number of rotatable bonds is 10. The van der Waals surface area contributed by atoms with Gasteiger partial charge in [-0.15, -0.1) is 0 Å². The van der Waals surface area contributed by atoms with Crippen LogP contribution >= 0.6 is 0 Å². The third-order valence-corrected chi connectivity index (χ3v) is 12.0. The van der Waals surface area contributed by atoms with E-state index in [4.69, 9.17) is 9.97 Å². The molecule has 1 aliphatic carbocycles. The lowest BCUT2D eigenvalue weighted by Crippen LogP contribution is -2.47. The Hall–Kier alpha value is -5.04. The van der Waals surface area contributed by atoms with Gasteiger partial charge in [-0.2, -0.15) is 4.98 Å². The minimum Gasteiger partial charge on any atom is -0.372 e. The number of piperidine rings is 2. The lowest BCUT2D eigenvalue weighted by Gasteiger charge is -2.38.